The van der Waals surface area contributed by atoms with Gasteiger partial charge in [-0.05, 0) is 63.4 Å². The number of carbonyl (C=O) groups is 1. The first kappa shape index (κ1) is 27.6. The number of likely N-dealkylation sites (tertiary alicyclic amines) is 1. The number of hydrogen-bond donors (Lipinski definition) is 1. The summed E-state index contributed by atoms with van der Waals surface area (Å²) in [5.74, 6) is 0.516. The highest BCUT2D eigenvalue weighted by Crippen LogP contribution is 2.23. The van der Waals surface area contributed by atoms with Crippen molar-refractivity contribution in [2.45, 2.75) is 51.7 Å². The Kier molecular flexibility index (Phi) is 9.44. The van der Waals surface area contributed by atoms with Crippen molar-refractivity contribution in [1.82, 2.24) is 34.6 Å². The molecule has 5 rings (SSSR count). The minimum Gasteiger partial charge on any atom is -0.351 e. The molecule has 10 heteroatoms. The second-order valence-corrected chi connectivity index (χ2v) is 11.0. The third kappa shape index (κ3) is 7.56. The van der Waals surface area contributed by atoms with Crippen LogP contribution < -0.4 is 10.2 Å². The summed E-state index contributed by atoms with van der Waals surface area (Å²) in [6.45, 7) is 10.3. The summed E-state index contributed by atoms with van der Waals surface area (Å²) < 4.78 is 2.01. The molecular formula is C29H39ClN8O. The van der Waals surface area contributed by atoms with Gasteiger partial charge in [0.25, 0.3) is 5.91 Å². The maximum absolute atomic E-state index is 12.8. The van der Waals surface area contributed by atoms with Crippen LogP contribution >= 0.6 is 11.6 Å². The molecule has 0 bridgehead atoms. The standard InChI is InChI=1S/C29H39ClN8O/c1-23-20-27(28(39)32-10-4-12-36-17-11-31-22-36)34-29(33-23)38-14-5-13-37(18-19-38)25-8-15-35(16-9-25)21-24-6-2-3-7-26(24)30/h2-3,6-7,11,17,20,22,25H,4-5,8-10,12-16,18-19,21H2,1H3,(H,32,39). The van der Waals surface area contributed by atoms with Crippen molar-refractivity contribution in [2.24, 2.45) is 0 Å². The largest absolute Gasteiger partial charge is 0.351 e. The van der Waals surface area contributed by atoms with Gasteiger partial charge in [0.05, 0.1) is 6.33 Å². The first-order chi connectivity index (χ1) is 19.0. The minimum atomic E-state index is -0.146. The average molecular weight is 551 g/mol. The Morgan fingerprint density at radius 2 is 1.92 bits per heavy atom. The lowest BCUT2D eigenvalue weighted by Crippen LogP contribution is -2.46. The molecule has 0 spiro atoms. The molecule has 0 aliphatic carbocycles. The van der Waals surface area contributed by atoms with Crippen molar-refractivity contribution >= 4 is 23.5 Å². The topological polar surface area (TPSA) is 82.4 Å². The summed E-state index contributed by atoms with van der Waals surface area (Å²) in [6.07, 6.45) is 9.73. The number of carbonyl (C=O) groups excluding carboxylic acids is 1. The molecule has 1 amide bonds. The van der Waals surface area contributed by atoms with Crippen LogP contribution in [0.25, 0.3) is 0 Å². The molecule has 9 nitrogen and oxygen atoms in total. The van der Waals surface area contributed by atoms with E-state index in [0.717, 1.165) is 75.9 Å². The number of amides is 1. The van der Waals surface area contributed by atoms with E-state index in [1.165, 1.54) is 18.4 Å². The molecule has 0 unspecified atom stereocenters. The summed E-state index contributed by atoms with van der Waals surface area (Å²) in [6, 6.07) is 10.5. The number of rotatable bonds is 9. The van der Waals surface area contributed by atoms with Crippen molar-refractivity contribution in [1.29, 1.82) is 0 Å². The van der Waals surface area contributed by atoms with E-state index in [4.69, 9.17) is 16.6 Å². The van der Waals surface area contributed by atoms with Crippen LogP contribution in [0.2, 0.25) is 5.02 Å². The van der Waals surface area contributed by atoms with Crippen LogP contribution in [0, 0.1) is 6.92 Å². The molecule has 2 aliphatic rings. The average Bonchev–Trinajstić information content (AvgIpc) is 3.34. The third-order valence-electron chi connectivity index (χ3n) is 7.75. The van der Waals surface area contributed by atoms with Crippen LogP contribution in [0.4, 0.5) is 5.95 Å². The molecule has 2 fully saturated rings. The molecule has 208 valence electrons. The van der Waals surface area contributed by atoms with Crippen LogP contribution in [0.15, 0.2) is 49.1 Å². The quantitative estimate of drug-likeness (QED) is 0.407. The zero-order valence-corrected chi connectivity index (χ0v) is 23.6. The Hall–Kier alpha value is -3.01. The maximum atomic E-state index is 12.8. The maximum Gasteiger partial charge on any atom is 0.270 e. The highest BCUT2D eigenvalue weighted by molar-refractivity contribution is 6.31. The lowest BCUT2D eigenvalue weighted by molar-refractivity contribution is 0.0947. The van der Waals surface area contributed by atoms with E-state index in [-0.39, 0.29) is 5.91 Å². The van der Waals surface area contributed by atoms with Gasteiger partial charge >= 0.3 is 0 Å². The molecule has 0 saturated carbocycles. The fourth-order valence-corrected chi connectivity index (χ4v) is 5.79. The first-order valence-corrected chi connectivity index (χ1v) is 14.5. The molecule has 1 N–H and O–H groups in total. The summed E-state index contributed by atoms with van der Waals surface area (Å²) in [7, 11) is 0. The zero-order valence-electron chi connectivity index (χ0n) is 22.8. The lowest BCUT2D eigenvalue weighted by atomic mass is 10.0. The van der Waals surface area contributed by atoms with Gasteiger partial charge in [-0.15, -0.1) is 0 Å². The predicted octanol–water partition coefficient (Wildman–Crippen LogP) is 3.63. The molecule has 1 aromatic carbocycles. The minimum absolute atomic E-state index is 0.146. The number of aryl methyl sites for hydroxylation is 2. The first-order valence-electron chi connectivity index (χ1n) is 14.1. The van der Waals surface area contributed by atoms with E-state index in [1.807, 2.05) is 29.8 Å². The number of piperidine rings is 1. The highest BCUT2D eigenvalue weighted by Gasteiger charge is 2.27. The Labute approximate surface area is 236 Å². The van der Waals surface area contributed by atoms with Crippen molar-refractivity contribution in [3.05, 3.63) is 71.0 Å². The second-order valence-electron chi connectivity index (χ2n) is 10.6. The van der Waals surface area contributed by atoms with Crippen molar-refractivity contribution in [3.8, 4) is 0 Å². The van der Waals surface area contributed by atoms with Gasteiger partial charge in [0, 0.05) is 75.0 Å². The molecule has 39 heavy (non-hydrogen) atoms. The summed E-state index contributed by atoms with van der Waals surface area (Å²) in [5.41, 5.74) is 2.46. The molecular weight excluding hydrogens is 512 g/mol. The summed E-state index contributed by atoms with van der Waals surface area (Å²) in [5, 5.41) is 3.86. The molecule has 0 radical (unpaired) electrons. The van der Waals surface area contributed by atoms with E-state index in [1.54, 1.807) is 18.6 Å². The highest BCUT2D eigenvalue weighted by atomic mass is 35.5. The molecule has 2 saturated heterocycles. The number of nitrogens with one attached hydrogen (secondary N) is 1. The number of benzene rings is 1. The Balaban J connectivity index is 1.11. The van der Waals surface area contributed by atoms with Crippen molar-refractivity contribution < 1.29 is 4.79 Å². The van der Waals surface area contributed by atoms with Gasteiger partial charge in [0.2, 0.25) is 5.95 Å². The van der Waals surface area contributed by atoms with Crippen LogP contribution in [-0.4, -0.2) is 87.1 Å². The van der Waals surface area contributed by atoms with Gasteiger partial charge in [-0.2, -0.15) is 0 Å². The second kappa shape index (κ2) is 13.4. The number of aromatic nitrogens is 4. The van der Waals surface area contributed by atoms with Crippen LogP contribution in [0.3, 0.4) is 0 Å². The third-order valence-corrected chi connectivity index (χ3v) is 8.12. The number of halogens is 1. The van der Waals surface area contributed by atoms with E-state index in [2.05, 4.69) is 42.1 Å². The molecule has 4 heterocycles. The normalized spacial score (nSPS) is 17.7. The molecule has 2 aliphatic heterocycles. The number of anilines is 1. The van der Waals surface area contributed by atoms with Crippen LogP contribution in [0.1, 0.15) is 47.4 Å². The Bertz CT molecular complexity index is 1210. The van der Waals surface area contributed by atoms with Gasteiger partial charge in [-0.25, -0.2) is 15.0 Å². The lowest BCUT2D eigenvalue weighted by Gasteiger charge is -2.38. The smallest absolute Gasteiger partial charge is 0.270 e. The predicted molar refractivity (Wildman–Crippen MR) is 154 cm³/mol. The molecule has 2 aromatic heterocycles. The zero-order chi connectivity index (χ0) is 27.0. The molecule has 3 aromatic rings. The van der Waals surface area contributed by atoms with E-state index >= 15 is 0 Å². The summed E-state index contributed by atoms with van der Waals surface area (Å²) in [4.78, 5) is 33.7. The number of hydrogen-bond acceptors (Lipinski definition) is 7. The number of nitrogens with zero attached hydrogens (tertiary/aromatic N) is 7. The van der Waals surface area contributed by atoms with Crippen molar-refractivity contribution in [3.63, 3.8) is 0 Å². The van der Waals surface area contributed by atoms with Crippen molar-refractivity contribution in [2.75, 3.05) is 50.7 Å². The van der Waals surface area contributed by atoms with Gasteiger partial charge in [0.15, 0.2) is 0 Å². The van der Waals surface area contributed by atoms with E-state index < -0.39 is 0 Å². The van der Waals surface area contributed by atoms with Crippen LogP contribution in [-0.2, 0) is 13.1 Å². The van der Waals surface area contributed by atoms with Gasteiger partial charge in [-0.3, -0.25) is 14.6 Å². The van der Waals surface area contributed by atoms with Crippen LogP contribution in [0.5, 0.6) is 0 Å². The van der Waals surface area contributed by atoms with Gasteiger partial charge < -0.3 is 14.8 Å². The van der Waals surface area contributed by atoms with E-state index in [0.29, 0.717) is 24.2 Å². The molecule has 0 atom stereocenters. The Morgan fingerprint density at radius 3 is 2.72 bits per heavy atom. The fraction of sp³-hybridized carbons (Fsp3) is 0.517. The van der Waals surface area contributed by atoms with Gasteiger partial charge in [-0.1, -0.05) is 29.8 Å². The summed E-state index contributed by atoms with van der Waals surface area (Å²) >= 11 is 6.38. The fourth-order valence-electron chi connectivity index (χ4n) is 5.60. The van der Waals surface area contributed by atoms with Gasteiger partial charge in [0.1, 0.15) is 5.69 Å². The number of imidazole rings is 1. The SMILES string of the molecule is Cc1cc(C(=O)NCCCn2ccnc2)nc(N2CCCN(C3CCN(Cc4ccccc4Cl)CC3)CC2)n1. The Morgan fingerprint density at radius 1 is 1.08 bits per heavy atom. The monoisotopic (exact) mass is 550 g/mol. The van der Waals surface area contributed by atoms with E-state index in [9.17, 15) is 4.79 Å².